The third kappa shape index (κ3) is 1.76. The summed E-state index contributed by atoms with van der Waals surface area (Å²) in [5.41, 5.74) is 4.72. The summed E-state index contributed by atoms with van der Waals surface area (Å²) in [7, 11) is 0. The largest absolute Gasteiger partial charge is 0.454 e. The van der Waals surface area contributed by atoms with Crippen LogP contribution in [0.1, 0.15) is 24.1 Å². The number of aryl methyl sites for hydroxylation is 1. The maximum Gasteiger partial charge on any atom is 0.231 e. The molecule has 0 radical (unpaired) electrons. The van der Waals surface area contributed by atoms with Crippen molar-refractivity contribution in [2.45, 2.75) is 32.7 Å². The van der Waals surface area contributed by atoms with Gasteiger partial charge in [-0.2, -0.15) is 0 Å². The molecule has 20 heavy (non-hydrogen) atoms. The lowest BCUT2D eigenvalue weighted by Crippen LogP contribution is -2.10. The standard InChI is InChI=1S/C15H15BrN2O2/c1-9-6-12-13(20-8-19-12)7-10(9)14-11-4-2-3-5-18(11)15(16)17-14/h6-7H,2-5,8H2,1H3. The lowest BCUT2D eigenvalue weighted by atomic mass is 10.00. The number of imidazole rings is 1. The smallest absolute Gasteiger partial charge is 0.231 e. The van der Waals surface area contributed by atoms with Gasteiger partial charge in [0.1, 0.15) is 0 Å². The highest BCUT2D eigenvalue weighted by Crippen LogP contribution is 2.40. The molecule has 0 saturated heterocycles. The Hall–Kier alpha value is -1.49. The first-order chi connectivity index (χ1) is 9.74. The van der Waals surface area contributed by atoms with Crippen molar-refractivity contribution in [2.24, 2.45) is 0 Å². The fraction of sp³-hybridized carbons (Fsp3) is 0.400. The summed E-state index contributed by atoms with van der Waals surface area (Å²) in [6, 6.07) is 4.10. The fourth-order valence-corrected chi connectivity index (χ4v) is 3.58. The van der Waals surface area contributed by atoms with E-state index in [-0.39, 0.29) is 0 Å². The lowest BCUT2D eigenvalue weighted by molar-refractivity contribution is 0.174. The minimum Gasteiger partial charge on any atom is -0.454 e. The molecule has 2 aliphatic rings. The van der Waals surface area contributed by atoms with Crippen LogP contribution < -0.4 is 9.47 Å². The van der Waals surface area contributed by atoms with Gasteiger partial charge in [-0.05, 0) is 59.8 Å². The fourth-order valence-electron chi connectivity index (χ4n) is 3.01. The minimum absolute atomic E-state index is 0.309. The SMILES string of the molecule is Cc1cc2c(cc1-c1nc(Br)n3c1CCCC3)OCO2. The molecule has 104 valence electrons. The summed E-state index contributed by atoms with van der Waals surface area (Å²) in [5, 5.41) is 0. The van der Waals surface area contributed by atoms with Crippen molar-refractivity contribution in [1.29, 1.82) is 0 Å². The first-order valence-electron chi connectivity index (χ1n) is 6.89. The molecule has 5 heteroatoms. The van der Waals surface area contributed by atoms with Gasteiger partial charge in [0.15, 0.2) is 16.2 Å². The topological polar surface area (TPSA) is 36.3 Å². The second-order valence-corrected chi connectivity index (χ2v) is 6.01. The van der Waals surface area contributed by atoms with Gasteiger partial charge in [-0.3, -0.25) is 0 Å². The Morgan fingerprint density at radius 1 is 1.20 bits per heavy atom. The number of hydrogen-bond acceptors (Lipinski definition) is 3. The summed E-state index contributed by atoms with van der Waals surface area (Å²) in [6.45, 7) is 3.45. The molecular formula is C15H15BrN2O2. The molecular weight excluding hydrogens is 320 g/mol. The van der Waals surface area contributed by atoms with Crippen LogP contribution >= 0.6 is 15.9 Å². The van der Waals surface area contributed by atoms with Crippen LogP contribution in [0.15, 0.2) is 16.9 Å². The van der Waals surface area contributed by atoms with E-state index in [0.29, 0.717) is 6.79 Å². The van der Waals surface area contributed by atoms with E-state index in [0.717, 1.165) is 40.5 Å². The molecule has 0 N–H and O–H groups in total. The van der Waals surface area contributed by atoms with E-state index < -0.39 is 0 Å². The molecule has 3 heterocycles. The molecule has 0 aliphatic carbocycles. The zero-order chi connectivity index (χ0) is 13.7. The summed E-state index contributed by atoms with van der Waals surface area (Å²) >= 11 is 3.58. The number of ether oxygens (including phenoxy) is 2. The molecule has 0 spiro atoms. The highest BCUT2D eigenvalue weighted by molar-refractivity contribution is 9.10. The maximum atomic E-state index is 5.50. The predicted molar refractivity (Wildman–Crippen MR) is 79.2 cm³/mol. The molecule has 0 saturated carbocycles. The van der Waals surface area contributed by atoms with Crippen molar-refractivity contribution in [1.82, 2.24) is 9.55 Å². The Bertz CT molecular complexity index is 694. The summed E-state index contributed by atoms with van der Waals surface area (Å²) in [6.07, 6.45) is 3.54. The van der Waals surface area contributed by atoms with Gasteiger partial charge in [-0.25, -0.2) is 4.98 Å². The normalized spacial score (nSPS) is 16.3. The number of halogens is 1. The number of benzene rings is 1. The van der Waals surface area contributed by atoms with Gasteiger partial charge < -0.3 is 14.0 Å². The molecule has 0 fully saturated rings. The van der Waals surface area contributed by atoms with Crippen LogP contribution in [0.4, 0.5) is 0 Å². The van der Waals surface area contributed by atoms with Crippen LogP contribution in [-0.4, -0.2) is 16.3 Å². The summed E-state index contributed by atoms with van der Waals surface area (Å²) in [5.74, 6) is 1.65. The average Bonchev–Trinajstić information content (AvgIpc) is 3.03. The number of rotatable bonds is 1. The highest BCUT2D eigenvalue weighted by Gasteiger charge is 2.23. The van der Waals surface area contributed by atoms with E-state index in [9.17, 15) is 0 Å². The van der Waals surface area contributed by atoms with Crippen LogP contribution in [0.2, 0.25) is 0 Å². The van der Waals surface area contributed by atoms with Crippen molar-refractivity contribution in [3.63, 3.8) is 0 Å². The molecule has 1 aromatic carbocycles. The van der Waals surface area contributed by atoms with Gasteiger partial charge in [0, 0.05) is 17.8 Å². The van der Waals surface area contributed by atoms with E-state index in [2.05, 4.69) is 33.5 Å². The van der Waals surface area contributed by atoms with Gasteiger partial charge in [0.25, 0.3) is 0 Å². The van der Waals surface area contributed by atoms with E-state index in [1.165, 1.54) is 24.1 Å². The maximum absolute atomic E-state index is 5.50. The third-order valence-electron chi connectivity index (χ3n) is 4.05. The number of nitrogens with zero attached hydrogens (tertiary/aromatic N) is 2. The Kier molecular flexibility index (Phi) is 2.77. The number of hydrogen-bond donors (Lipinski definition) is 0. The number of fused-ring (bicyclic) bond motifs is 2. The van der Waals surface area contributed by atoms with Crippen LogP contribution in [-0.2, 0) is 13.0 Å². The minimum atomic E-state index is 0.309. The van der Waals surface area contributed by atoms with Crippen molar-refractivity contribution in [2.75, 3.05) is 6.79 Å². The van der Waals surface area contributed by atoms with Crippen molar-refractivity contribution in [3.8, 4) is 22.8 Å². The van der Waals surface area contributed by atoms with Crippen LogP contribution in [0, 0.1) is 6.92 Å². The Morgan fingerprint density at radius 3 is 2.85 bits per heavy atom. The van der Waals surface area contributed by atoms with Gasteiger partial charge in [0.05, 0.1) is 5.69 Å². The van der Waals surface area contributed by atoms with E-state index in [1.807, 2.05) is 6.07 Å². The van der Waals surface area contributed by atoms with Gasteiger partial charge >= 0.3 is 0 Å². The van der Waals surface area contributed by atoms with Crippen LogP contribution in [0.25, 0.3) is 11.3 Å². The van der Waals surface area contributed by atoms with E-state index in [4.69, 9.17) is 14.5 Å². The third-order valence-corrected chi connectivity index (χ3v) is 4.65. The Morgan fingerprint density at radius 2 is 2.00 bits per heavy atom. The van der Waals surface area contributed by atoms with Crippen LogP contribution in [0.5, 0.6) is 11.5 Å². The monoisotopic (exact) mass is 334 g/mol. The first kappa shape index (κ1) is 12.3. The molecule has 4 nitrogen and oxygen atoms in total. The second kappa shape index (κ2) is 4.52. The molecule has 2 aliphatic heterocycles. The molecule has 0 unspecified atom stereocenters. The second-order valence-electron chi connectivity index (χ2n) is 5.31. The average molecular weight is 335 g/mol. The Labute approximate surface area is 125 Å². The molecule has 1 aromatic heterocycles. The van der Waals surface area contributed by atoms with Crippen LogP contribution in [0.3, 0.4) is 0 Å². The highest BCUT2D eigenvalue weighted by atomic mass is 79.9. The molecule has 0 amide bonds. The molecule has 4 rings (SSSR count). The zero-order valence-electron chi connectivity index (χ0n) is 11.3. The summed E-state index contributed by atoms with van der Waals surface area (Å²) in [4.78, 5) is 4.73. The predicted octanol–water partition coefficient (Wildman–Crippen LogP) is 3.69. The van der Waals surface area contributed by atoms with Crippen molar-refractivity contribution in [3.05, 3.63) is 28.1 Å². The van der Waals surface area contributed by atoms with Crippen molar-refractivity contribution < 1.29 is 9.47 Å². The van der Waals surface area contributed by atoms with E-state index >= 15 is 0 Å². The van der Waals surface area contributed by atoms with Gasteiger partial charge in [-0.15, -0.1) is 0 Å². The molecule has 0 bridgehead atoms. The quantitative estimate of drug-likeness (QED) is 0.798. The summed E-state index contributed by atoms with van der Waals surface area (Å²) < 4.78 is 14.1. The van der Waals surface area contributed by atoms with Gasteiger partial charge in [-0.1, -0.05) is 0 Å². The molecule has 0 atom stereocenters. The zero-order valence-corrected chi connectivity index (χ0v) is 12.9. The lowest BCUT2D eigenvalue weighted by Gasteiger charge is -2.16. The van der Waals surface area contributed by atoms with Crippen molar-refractivity contribution >= 4 is 15.9 Å². The molecule has 2 aromatic rings. The Balaban J connectivity index is 1.89. The number of aromatic nitrogens is 2. The van der Waals surface area contributed by atoms with Gasteiger partial charge in [0.2, 0.25) is 6.79 Å². The first-order valence-corrected chi connectivity index (χ1v) is 7.69. The van der Waals surface area contributed by atoms with E-state index in [1.54, 1.807) is 0 Å².